The molecule has 0 aromatic rings. The van der Waals surface area contributed by atoms with Crippen LogP contribution >= 0.6 is 0 Å². The summed E-state index contributed by atoms with van der Waals surface area (Å²) in [6.45, 7) is 9.26. The Hall–Kier alpha value is -1.30. The van der Waals surface area contributed by atoms with E-state index in [0.717, 1.165) is 0 Å². The summed E-state index contributed by atoms with van der Waals surface area (Å²) in [4.78, 5) is 24.4. The number of carboxylic acids is 1. The molecule has 19 heavy (non-hydrogen) atoms. The molecule has 0 saturated carbocycles. The molecule has 0 radical (unpaired) electrons. The average molecular weight is 273 g/mol. The minimum atomic E-state index is -1.03. The third-order valence-electron chi connectivity index (χ3n) is 2.64. The fourth-order valence-corrected chi connectivity index (χ4v) is 2.04. The monoisotopic (exact) mass is 273 g/mol. The molecule has 1 aliphatic heterocycles. The molecule has 0 aliphatic carbocycles. The molecule has 1 saturated heterocycles. The minimum absolute atomic E-state index is 0.00182. The number of ether oxygens (including phenoxy) is 2. The molecule has 1 fully saturated rings. The molecule has 0 unspecified atom stereocenters. The lowest BCUT2D eigenvalue weighted by Crippen LogP contribution is -2.43. The van der Waals surface area contributed by atoms with E-state index in [9.17, 15) is 14.7 Å². The highest BCUT2D eigenvalue weighted by atomic mass is 16.6. The Balaban J connectivity index is 2.74. The average Bonchev–Trinajstić information content (AvgIpc) is 2.57. The van der Waals surface area contributed by atoms with Crippen LogP contribution in [0.1, 0.15) is 41.0 Å². The van der Waals surface area contributed by atoms with Crippen molar-refractivity contribution < 1.29 is 24.2 Å². The zero-order valence-electron chi connectivity index (χ0n) is 12.2. The van der Waals surface area contributed by atoms with Crippen LogP contribution < -0.4 is 0 Å². The quantitative estimate of drug-likeness (QED) is 0.849. The van der Waals surface area contributed by atoms with Crippen molar-refractivity contribution in [3.63, 3.8) is 0 Å². The van der Waals surface area contributed by atoms with E-state index in [-0.39, 0.29) is 18.8 Å². The normalized spacial score (nSPS) is 23.8. The molecule has 0 bridgehead atoms. The van der Waals surface area contributed by atoms with Crippen LogP contribution in [0, 0.1) is 0 Å². The molecule has 110 valence electrons. The molecule has 1 rings (SSSR count). The van der Waals surface area contributed by atoms with Gasteiger partial charge in [-0.15, -0.1) is 0 Å². The van der Waals surface area contributed by atoms with Crippen LogP contribution in [-0.2, 0) is 14.3 Å². The molecule has 0 aromatic carbocycles. The molecule has 0 aromatic heterocycles. The maximum Gasteiger partial charge on any atom is 0.411 e. The van der Waals surface area contributed by atoms with Gasteiger partial charge in [-0.3, -0.25) is 4.90 Å². The Labute approximate surface area is 113 Å². The van der Waals surface area contributed by atoms with Crippen LogP contribution in [0.5, 0.6) is 0 Å². The van der Waals surface area contributed by atoms with Crippen molar-refractivity contribution in [2.75, 3.05) is 6.54 Å². The smallest absolute Gasteiger partial charge is 0.411 e. The van der Waals surface area contributed by atoms with Gasteiger partial charge in [0, 0.05) is 6.42 Å². The van der Waals surface area contributed by atoms with Gasteiger partial charge in [-0.25, -0.2) is 9.59 Å². The van der Waals surface area contributed by atoms with E-state index in [4.69, 9.17) is 9.47 Å². The predicted octanol–water partition coefficient (Wildman–Crippen LogP) is 1.87. The summed E-state index contributed by atoms with van der Waals surface area (Å²) in [6.07, 6.45) is -0.561. The first-order valence-electron chi connectivity index (χ1n) is 6.48. The summed E-state index contributed by atoms with van der Waals surface area (Å²) in [5.41, 5.74) is -0.642. The topological polar surface area (TPSA) is 76.1 Å². The molecular formula is C13H23NO5. The van der Waals surface area contributed by atoms with Gasteiger partial charge >= 0.3 is 12.1 Å². The minimum Gasteiger partial charge on any atom is -0.480 e. The van der Waals surface area contributed by atoms with E-state index in [1.807, 2.05) is 13.8 Å². The predicted molar refractivity (Wildman–Crippen MR) is 69.0 cm³/mol. The third kappa shape index (κ3) is 4.70. The van der Waals surface area contributed by atoms with Gasteiger partial charge in [0.2, 0.25) is 0 Å². The Kier molecular flexibility index (Phi) is 4.79. The molecule has 2 atom stereocenters. The van der Waals surface area contributed by atoms with Crippen LogP contribution in [0.2, 0.25) is 0 Å². The molecule has 1 aliphatic rings. The maximum absolute atomic E-state index is 12.0. The van der Waals surface area contributed by atoms with Gasteiger partial charge in [0.25, 0.3) is 0 Å². The molecule has 0 spiro atoms. The van der Waals surface area contributed by atoms with Crippen LogP contribution in [0.25, 0.3) is 0 Å². The largest absolute Gasteiger partial charge is 0.480 e. The van der Waals surface area contributed by atoms with Crippen molar-refractivity contribution in [1.29, 1.82) is 0 Å². The highest BCUT2D eigenvalue weighted by molar-refractivity contribution is 5.81. The maximum atomic E-state index is 12.0. The van der Waals surface area contributed by atoms with Gasteiger partial charge in [-0.05, 0) is 34.6 Å². The van der Waals surface area contributed by atoms with E-state index < -0.39 is 23.7 Å². The van der Waals surface area contributed by atoms with Gasteiger partial charge in [0.15, 0.2) is 0 Å². The number of amides is 1. The second kappa shape index (κ2) is 5.77. The zero-order chi connectivity index (χ0) is 14.8. The van der Waals surface area contributed by atoms with Crippen LogP contribution in [-0.4, -0.2) is 52.5 Å². The summed E-state index contributed by atoms with van der Waals surface area (Å²) < 4.78 is 10.8. The van der Waals surface area contributed by atoms with Crippen molar-refractivity contribution in [2.45, 2.75) is 64.9 Å². The summed E-state index contributed by atoms with van der Waals surface area (Å²) in [5.74, 6) is -1.03. The lowest BCUT2D eigenvalue weighted by Gasteiger charge is -2.26. The first kappa shape index (κ1) is 15.8. The van der Waals surface area contributed by atoms with Crippen LogP contribution in [0.15, 0.2) is 0 Å². The lowest BCUT2D eigenvalue weighted by atomic mass is 10.2. The molecule has 6 nitrogen and oxygen atoms in total. The van der Waals surface area contributed by atoms with Gasteiger partial charge in [0.05, 0.1) is 18.8 Å². The van der Waals surface area contributed by atoms with E-state index >= 15 is 0 Å². The first-order valence-corrected chi connectivity index (χ1v) is 6.48. The number of carbonyl (C=O) groups excluding carboxylic acids is 1. The standard InChI is InChI=1S/C13H23NO5/c1-8(2)18-9-6-10(11(15)16)14(7-9)12(17)19-13(3,4)5/h8-10H,6-7H2,1-5H3,(H,15,16)/t9-,10-/m0/s1. The Morgan fingerprint density at radius 3 is 2.32 bits per heavy atom. The number of aliphatic carboxylic acids is 1. The summed E-state index contributed by atoms with van der Waals surface area (Å²) in [7, 11) is 0. The molecule has 1 amide bonds. The molecule has 6 heteroatoms. The number of rotatable bonds is 3. The second-order valence-corrected chi connectivity index (χ2v) is 6.03. The number of nitrogens with zero attached hydrogens (tertiary/aromatic N) is 1. The number of carbonyl (C=O) groups is 2. The number of likely N-dealkylation sites (tertiary alicyclic amines) is 1. The van der Waals surface area contributed by atoms with E-state index in [1.165, 1.54) is 4.90 Å². The number of hydrogen-bond acceptors (Lipinski definition) is 4. The van der Waals surface area contributed by atoms with Crippen molar-refractivity contribution >= 4 is 12.1 Å². The lowest BCUT2D eigenvalue weighted by molar-refractivity contribution is -0.142. The van der Waals surface area contributed by atoms with Crippen LogP contribution in [0.3, 0.4) is 0 Å². The summed E-state index contributed by atoms with van der Waals surface area (Å²) >= 11 is 0. The molecular weight excluding hydrogens is 250 g/mol. The fraction of sp³-hybridized carbons (Fsp3) is 0.846. The zero-order valence-corrected chi connectivity index (χ0v) is 12.2. The highest BCUT2D eigenvalue weighted by Gasteiger charge is 2.42. The van der Waals surface area contributed by atoms with Crippen molar-refractivity contribution in [3.8, 4) is 0 Å². The summed E-state index contributed by atoms with van der Waals surface area (Å²) in [5, 5.41) is 9.18. The Morgan fingerprint density at radius 2 is 1.89 bits per heavy atom. The fourth-order valence-electron chi connectivity index (χ4n) is 2.04. The van der Waals surface area contributed by atoms with Crippen molar-refractivity contribution in [1.82, 2.24) is 4.90 Å². The van der Waals surface area contributed by atoms with E-state index in [0.29, 0.717) is 6.42 Å². The van der Waals surface area contributed by atoms with Crippen molar-refractivity contribution in [2.24, 2.45) is 0 Å². The highest BCUT2D eigenvalue weighted by Crippen LogP contribution is 2.24. The SMILES string of the molecule is CC(C)O[C@H]1C[C@@H](C(=O)O)N(C(=O)OC(C)(C)C)C1. The Morgan fingerprint density at radius 1 is 1.32 bits per heavy atom. The molecule has 1 N–H and O–H groups in total. The van der Waals surface area contributed by atoms with Crippen molar-refractivity contribution in [3.05, 3.63) is 0 Å². The number of carboxylic acid groups (broad SMARTS) is 1. The Bertz CT molecular complexity index is 347. The van der Waals surface area contributed by atoms with E-state index in [2.05, 4.69) is 0 Å². The summed E-state index contributed by atoms with van der Waals surface area (Å²) in [6, 6.07) is -0.876. The van der Waals surface area contributed by atoms with Gasteiger partial charge < -0.3 is 14.6 Å². The second-order valence-electron chi connectivity index (χ2n) is 6.03. The number of hydrogen-bond donors (Lipinski definition) is 1. The van der Waals surface area contributed by atoms with E-state index in [1.54, 1.807) is 20.8 Å². The molecule has 1 heterocycles. The first-order chi connectivity index (χ1) is 8.60. The van der Waals surface area contributed by atoms with Gasteiger partial charge in [0.1, 0.15) is 11.6 Å². The van der Waals surface area contributed by atoms with Gasteiger partial charge in [-0.1, -0.05) is 0 Å². The van der Waals surface area contributed by atoms with Crippen LogP contribution in [0.4, 0.5) is 4.79 Å². The van der Waals surface area contributed by atoms with Gasteiger partial charge in [-0.2, -0.15) is 0 Å². The third-order valence-corrected chi connectivity index (χ3v) is 2.64.